The second-order valence-corrected chi connectivity index (χ2v) is 6.87. The van der Waals surface area contributed by atoms with Gasteiger partial charge < -0.3 is 10.2 Å². The Labute approximate surface area is 157 Å². The molecule has 1 saturated heterocycles. The number of amides is 2. The van der Waals surface area contributed by atoms with E-state index in [1.54, 1.807) is 12.3 Å². The van der Waals surface area contributed by atoms with Crippen molar-refractivity contribution in [2.75, 3.05) is 13.1 Å². The average Bonchev–Trinajstić information content (AvgIpc) is 3.21. The summed E-state index contributed by atoms with van der Waals surface area (Å²) in [6, 6.07) is 13.0. The van der Waals surface area contributed by atoms with Gasteiger partial charge in [-0.05, 0) is 49.1 Å². The smallest absolute Gasteiger partial charge is 0.253 e. The van der Waals surface area contributed by atoms with Crippen molar-refractivity contribution in [3.05, 3.63) is 65.4 Å². The van der Waals surface area contributed by atoms with Crippen LogP contribution in [0.4, 0.5) is 0 Å². The minimum Gasteiger partial charge on any atom is -0.348 e. The Morgan fingerprint density at radius 2 is 1.89 bits per heavy atom. The van der Waals surface area contributed by atoms with E-state index in [-0.39, 0.29) is 11.8 Å². The van der Waals surface area contributed by atoms with Crippen molar-refractivity contribution in [2.45, 2.75) is 25.8 Å². The third kappa shape index (κ3) is 3.69. The molecule has 4 rings (SSSR count). The van der Waals surface area contributed by atoms with Crippen molar-refractivity contribution in [1.82, 2.24) is 20.4 Å². The molecule has 2 aromatic carbocycles. The number of carbonyl (C=O) groups is 2. The van der Waals surface area contributed by atoms with Crippen LogP contribution in [-0.2, 0) is 6.54 Å². The summed E-state index contributed by atoms with van der Waals surface area (Å²) in [5.41, 5.74) is 3.00. The molecule has 3 aromatic rings. The summed E-state index contributed by atoms with van der Waals surface area (Å²) in [5.74, 6) is -0.0826. The molecule has 1 fully saturated rings. The van der Waals surface area contributed by atoms with Crippen LogP contribution in [0.25, 0.3) is 10.9 Å². The van der Waals surface area contributed by atoms with Gasteiger partial charge in [0.1, 0.15) is 0 Å². The van der Waals surface area contributed by atoms with Gasteiger partial charge >= 0.3 is 0 Å². The van der Waals surface area contributed by atoms with Crippen LogP contribution in [-0.4, -0.2) is 40.0 Å². The number of carbonyl (C=O) groups excluding carboxylic acids is 2. The van der Waals surface area contributed by atoms with Crippen LogP contribution in [0.15, 0.2) is 48.7 Å². The van der Waals surface area contributed by atoms with Gasteiger partial charge in [0.15, 0.2) is 0 Å². The molecule has 0 atom stereocenters. The molecule has 2 heterocycles. The van der Waals surface area contributed by atoms with Gasteiger partial charge in [0, 0.05) is 30.6 Å². The molecule has 1 aliphatic rings. The topological polar surface area (TPSA) is 78.1 Å². The lowest BCUT2D eigenvalue weighted by Gasteiger charge is -2.26. The Hall–Kier alpha value is -3.15. The van der Waals surface area contributed by atoms with Crippen LogP contribution in [0, 0.1) is 0 Å². The molecule has 1 aliphatic heterocycles. The first-order valence-corrected chi connectivity index (χ1v) is 9.31. The van der Waals surface area contributed by atoms with Crippen molar-refractivity contribution in [3.63, 3.8) is 0 Å². The predicted molar refractivity (Wildman–Crippen MR) is 103 cm³/mol. The molecule has 0 saturated carbocycles. The van der Waals surface area contributed by atoms with Crippen LogP contribution in [0.5, 0.6) is 0 Å². The maximum Gasteiger partial charge on any atom is 0.253 e. The van der Waals surface area contributed by atoms with E-state index in [2.05, 4.69) is 15.5 Å². The van der Waals surface area contributed by atoms with Crippen molar-refractivity contribution < 1.29 is 9.59 Å². The fourth-order valence-corrected chi connectivity index (χ4v) is 3.54. The summed E-state index contributed by atoms with van der Waals surface area (Å²) < 4.78 is 0. The Morgan fingerprint density at radius 3 is 2.74 bits per heavy atom. The maximum atomic E-state index is 12.7. The highest BCUT2D eigenvalue weighted by Gasteiger charge is 2.18. The highest BCUT2D eigenvalue weighted by molar-refractivity contribution is 6.06. The normalized spacial score (nSPS) is 14.3. The number of nitrogens with one attached hydrogen (secondary N) is 2. The lowest BCUT2D eigenvalue weighted by Crippen LogP contribution is -2.35. The molecule has 6 heteroatoms. The molecule has 0 unspecified atom stereocenters. The molecule has 0 aliphatic carbocycles. The molecular formula is C21H22N4O2. The number of likely N-dealkylation sites (tertiary alicyclic amines) is 1. The number of piperidine rings is 1. The van der Waals surface area contributed by atoms with E-state index < -0.39 is 0 Å². The summed E-state index contributed by atoms with van der Waals surface area (Å²) in [6.07, 6.45) is 4.99. The number of hydrogen-bond acceptors (Lipinski definition) is 3. The molecule has 2 N–H and O–H groups in total. The summed E-state index contributed by atoms with van der Waals surface area (Å²) in [5, 5.41) is 10.6. The van der Waals surface area contributed by atoms with Gasteiger partial charge in [-0.2, -0.15) is 5.10 Å². The zero-order valence-electron chi connectivity index (χ0n) is 15.1. The monoisotopic (exact) mass is 362 g/mol. The Balaban J connectivity index is 1.44. The zero-order chi connectivity index (χ0) is 18.6. The molecule has 2 amide bonds. The van der Waals surface area contributed by atoms with E-state index in [1.807, 2.05) is 41.3 Å². The summed E-state index contributed by atoms with van der Waals surface area (Å²) in [7, 11) is 0. The van der Waals surface area contributed by atoms with E-state index in [1.165, 1.54) is 6.42 Å². The fraction of sp³-hybridized carbons (Fsp3) is 0.286. The van der Waals surface area contributed by atoms with Crippen molar-refractivity contribution >= 4 is 22.7 Å². The van der Waals surface area contributed by atoms with Gasteiger partial charge in [-0.3, -0.25) is 14.7 Å². The van der Waals surface area contributed by atoms with E-state index >= 15 is 0 Å². The molecule has 138 valence electrons. The van der Waals surface area contributed by atoms with Gasteiger partial charge in [-0.25, -0.2) is 0 Å². The predicted octanol–water partition coefficient (Wildman–Crippen LogP) is 3.12. The van der Waals surface area contributed by atoms with Gasteiger partial charge in [0.05, 0.1) is 17.3 Å². The highest BCUT2D eigenvalue weighted by Crippen LogP contribution is 2.17. The largest absolute Gasteiger partial charge is 0.348 e. The van der Waals surface area contributed by atoms with Gasteiger partial charge in [-0.15, -0.1) is 0 Å². The second kappa shape index (κ2) is 7.61. The number of fused-ring (bicyclic) bond motifs is 1. The lowest BCUT2D eigenvalue weighted by atomic mass is 10.1. The zero-order valence-corrected chi connectivity index (χ0v) is 15.1. The summed E-state index contributed by atoms with van der Waals surface area (Å²) in [4.78, 5) is 27.1. The number of H-pyrrole nitrogens is 1. The minimum atomic E-state index is -0.158. The molecule has 0 spiro atoms. The van der Waals surface area contributed by atoms with Crippen molar-refractivity contribution in [2.24, 2.45) is 0 Å². The Kier molecular flexibility index (Phi) is 4.87. The SMILES string of the molecule is O=C(NCc1cccc(C(=O)N2CCCCC2)c1)c1cccc2[nH]ncc12. The van der Waals surface area contributed by atoms with Crippen molar-refractivity contribution in [1.29, 1.82) is 0 Å². The van der Waals surface area contributed by atoms with Crippen LogP contribution < -0.4 is 5.32 Å². The number of nitrogens with zero attached hydrogens (tertiary/aromatic N) is 2. The van der Waals surface area contributed by atoms with Gasteiger partial charge in [0.25, 0.3) is 11.8 Å². The Bertz CT molecular complexity index is 973. The first-order valence-electron chi connectivity index (χ1n) is 9.31. The molecule has 27 heavy (non-hydrogen) atoms. The van der Waals surface area contributed by atoms with Gasteiger partial charge in [0.2, 0.25) is 0 Å². The van der Waals surface area contributed by atoms with E-state index in [0.717, 1.165) is 42.4 Å². The molecular weight excluding hydrogens is 340 g/mol. The third-order valence-electron chi connectivity index (χ3n) is 5.00. The third-order valence-corrected chi connectivity index (χ3v) is 5.00. The van der Waals surface area contributed by atoms with Crippen LogP contribution in [0.3, 0.4) is 0 Å². The Morgan fingerprint density at radius 1 is 1.07 bits per heavy atom. The lowest BCUT2D eigenvalue weighted by molar-refractivity contribution is 0.0724. The standard InChI is InChI=1S/C21H22N4O2/c26-20(17-8-5-9-19-18(17)14-23-24-19)22-13-15-6-4-7-16(12-15)21(27)25-10-2-1-3-11-25/h4-9,12,14H,1-3,10-11,13H2,(H,22,26)(H,23,24). The first kappa shape index (κ1) is 17.3. The van der Waals surface area contributed by atoms with Crippen LogP contribution in [0.1, 0.15) is 45.5 Å². The second-order valence-electron chi connectivity index (χ2n) is 6.87. The molecule has 0 radical (unpaired) electrons. The number of benzene rings is 2. The molecule has 6 nitrogen and oxygen atoms in total. The quantitative estimate of drug-likeness (QED) is 0.748. The molecule has 0 bridgehead atoms. The van der Waals surface area contributed by atoms with Crippen LogP contribution in [0.2, 0.25) is 0 Å². The minimum absolute atomic E-state index is 0.0750. The van der Waals surface area contributed by atoms with E-state index in [0.29, 0.717) is 17.7 Å². The maximum absolute atomic E-state index is 12.7. The van der Waals surface area contributed by atoms with Gasteiger partial charge in [-0.1, -0.05) is 18.2 Å². The fourth-order valence-electron chi connectivity index (χ4n) is 3.54. The number of aromatic nitrogens is 2. The van der Waals surface area contributed by atoms with E-state index in [4.69, 9.17) is 0 Å². The summed E-state index contributed by atoms with van der Waals surface area (Å²) >= 11 is 0. The average molecular weight is 362 g/mol. The summed E-state index contributed by atoms with van der Waals surface area (Å²) in [6.45, 7) is 2.02. The number of hydrogen-bond donors (Lipinski definition) is 2. The number of rotatable bonds is 4. The first-order chi connectivity index (χ1) is 13.2. The number of aromatic amines is 1. The van der Waals surface area contributed by atoms with Crippen molar-refractivity contribution in [3.8, 4) is 0 Å². The highest BCUT2D eigenvalue weighted by atomic mass is 16.2. The van der Waals surface area contributed by atoms with Crippen LogP contribution >= 0.6 is 0 Å². The molecule has 1 aromatic heterocycles. The van der Waals surface area contributed by atoms with E-state index in [9.17, 15) is 9.59 Å².